The number of benzene rings is 1. The van der Waals surface area contributed by atoms with E-state index < -0.39 is 10.0 Å². The number of nitrogens with zero attached hydrogens (tertiary/aromatic N) is 2. The smallest absolute Gasteiger partial charge is 0.254 e. The molecule has 1 fully saturated rings. The lowest BCUT2D eigenvalue weighted by Gasteiger charge is -2.32. The number of sulfonamides is 1. The Morgan fingerprint density at radius 2 is 1.79 bits per heavy atom. The molecule has 0 aliphatic carbocycles. The van der Waals surface area contributed by atoms with Gasteiger partial charge in [-0.05, 0) is 25.2 Å². The quantitative estimate of drug-likeness (QED) is 0.914. The van der Waals surface area contributed by atoms with Gasteiger partial charge in [0.25, 0.3) is 10.0 Å². The summed E-state index contributed by atoms with van der Waals surface area (Å²) >= 11 is 11.7. The second kappa shape index (κ2) is 5.95. The van der Waals surface area contributed by atoms with Crippen molar-refractivity contribution in [3.05, 3.63) is 28.2 Å². The van der Waals surface area contributed by atoms with Crippen LogP contribution in [0.1, 0.15) is 0 Å². The zero-order valence-electron chi connectivity index (χ0n) is 10.4. The van der Waals surface area contributed by atoms with Crippen LogP contribution >= 0.6 is 23.2 Å². The van der Waals surface area contributed by atoms with Crippen LogP contribution in [-0.2, 0) is 10.0 Å². The highest BCUT2D eigenvalue weighted by molar-refractivity contribution is 7.89. The van der Waals surface area contributed by atoms with Crippen LogP contribution in [0.15, 0.2) is 23.1 Å². The minimum absolute atomic E-state index is 0.000551. The van der Waals surface area contributed by atoms with Gasteiger partial charge in [0, 0.05) is 31.2 Å². The molecule has 1 saturated heterocycles. The Balaban J connectivity index is 2.16. The molecule has 1 heterocycles. The Morgan fingerprint density at radius 1 is 1.16 bits per heavy atom. The molecule has 1 aliphatic rings. The SMILES string of the molecule is CN1CCN(NS(=O)(=O)c2cc(Cl)ccc2Cl)CC1. The fourth-order valence-electron chi connectivity index (χ4n) is 1.80. The van der Waals surface area contributed by atoms with E-state index in [2.05, 4.69) is 9.73 Å². The van der Waals surface area contributed by atoms with Crippen LogP contribution in [-0.4, -0.2) is 51.6 Å². The zero-order valence-corrected chi connectivity index (χ0v) is 12.8. The minimum atomic E-state index is -3.69. The van der Waals surface area contributed by atoms with Crippen LogP contribution in [0, 0.1) is 0 Å². The van der Waals surface area contributed by atoms with Gasteiger partial charge in [0.15, 0.2) is 0 Å². The first-order valence-corrected chi connectivity index (χ1v) is 8.03. The Labute approximate surface area is 123 Å². The highest BCUT2D eigenvalue weighted by Crippen LogP contribution is 2.24. The number of likely N-dealkylation sites (N-methyl/N-ethyl adjacent to an activating group) is 1. The van der Waals surface area contributed by atoms with Gasteiger partial charge in [-0.3, -0.25) is 0 Å². The lowest BCUT2D eigenvalue weighted by Crippen LogP contribution is -2.52. The fraction of sp³-hybridized carbons (Fsp3) is 0.455. The molecule has 19 heavy (non-hydrogen) atoms. The van der Waals surface area contributed by atoms with Crippen molar-refractivity contribution in [2.24, 2.45) is 0 Å². The van der Waals surface area contributed by atoms with Crippen molar-refractivity contribution < 1.29 is 8.42 Å². The Bertz CT molecular complexity index is 557. The second-order valence-corrected chi connectivity index (χ2v) is 6.93. The summed E-state index contributed by atoms with van der Waals surface area (Å²) in [7, 11) is -1.69. The van der Waals surface area contributed by atoms with E-state index in [1.807, 2.05) is 7.05 Å². The van der Waals surface area contributed by atoms with Gasteiger partial charge in [-0.15, -0.1) is 4.83 Å². The number of halogens is 2. The first-order chi connectivity index (χ1) is 8.88. The third kappa shape index (κ3) is 3.81. The van der Waals surface area contributed by atoms with Gasteiger partial charge in [-0.25, -0.2) is 13.4 Å². The van der Waals surface area contributed by atoms with E-state index in [1.165, 1.54) is 12.1 Å². The topological polar surface area (TPSA) is 52.6 Å². The fourth-order valence-corrected chi connectivity index (χ4v) is 3.69. The molecule has 106 valence electrons. The van der Waals surface area contributed by atoms with Crippen LogP contribution in [0.4, 0.5) is 0 Å². The third-order valence-electron chi connectivity index (χ3n) is 2.94. The van der Waals surface area contributed by atoms with E-state index in [-0.39, 0.29) is 9.92 Å². The number of hydrogen-bond acceptors (Lipinski definition) is 4. The van der Waals surface area contributed by atoms with Gasteiger partial charge >= 0.3 is 0 Å². The summed E-state index contributed by atoms with van der Waals surface area (Å²) in [4.78, 5) is 4.67. The highest BCUT2D eigenvalue weighted by Gasteiger charge is 2.23. The summed E-state index contributed by atoms with van der Waals surface area (Å²) in [6.45, 7) is 2.89. The number of rotatable bonds is 3. The molecule has 5 nitrogen and oxygen atoms in total. The summed E-state index contributed by atoms with van der Waals surface area (Å²) in [6, 6.07) is 4.38. The van der Waals surface area contributed by atoms with Crippen molar-refractivity contribution in [2.75, 3.05) is 33.2 Å². The second-order valence-electron chi connectivity index (χ2n) is 4.46. The van der Waals surface area contributed by atoms with Crippen LogP contribution in [0.3, 0.4) is 0 Å². The predicted octanol–water partition coefficient (Wildman–Crippen LogP) is 1.43. The van der Waals surface area contributed by atoms with Crippen LogP contribution in [0.2, 0.25) is 10.0 Å². The summed E-state index contributed by atoms with van der Waals surface area (Å²) in [5, 5.41) is 2.17. The molecule has 1 aromatic carbocycles. The van der Waals surface area contributed by atoms with Crippen LogP contribution < -0.4 is 4.83 Å². The third-order valence-corrected chi connectivity index (χ3v) is 5.03. The largest absolute Gasteiger partial charge is 0.304 e. The van der Waals surface area contributed by atoms with E-state index in [0.29, 0.717) is 18.1 Å². The summed E-state index contributed by atoms with van der Waals surface area (Å²) in [5.41, 5.74) is 0. The van der Waals surface area contributed by atoms with Crippen molar-refractivity contribution in [1.29, 1.82) is 0 Å². The molecule has 1 N–H and O–H groups in total. The molecule has 0 atom stereocenters. The van der Waals surface area contributed by atoms with E-state index in [1.54, 1.807) is 11.1 Å². The molecule has 1 aliphatic heterocycles. The number of piperazine rings is 1. The molecule has 8 heteroatoms. The van der Waals surface area contributed by atoms with E-state index in [0.717, 1.165) is 13.1 Å². The maximum Gasteiger partial charge on any atom is 0.254 e. The van der Waals surface area contributed by atoms with Gasteiger partial charge in [0.2, 0.25) is 0 Å². The lowest BCUT2D eigenvalue weighted by atomic mass is 10.4. The standard InChI is InChI=1S/C11H15Cl2N3O2S/c1-15-4-6-16(7-5-15)14-19(17,18)11-8-9(12)2-3-10(11)13/h2-3,8,14H,4-7H2,1H3. The maximum absolute atomic E-state index is 12.2. The molecule has 1 aromatic rings. The van der Waals surface area contributed by atoms with Crippen LogP contribution in [0.5, 0.6) is 0 Å². The van der Waals surface area contributed by atoms with Crippen LogP contribution in [0.25, 0.3) is 0 Å². The van der Waals surface area contributed by atoms with Crippen molar-refractivity contribution in [1.82, 2.24) is 14.7 Å². The number of hydrazine groups is 1. The zero-order chi connectivity index (χ0) is 14.0. The Morgan fingerprint density at radius 3 is 2.42 bits per heavy atom. The van der Waals surface area contributed by atoms with Crippen molar-refractivity contribution in [2.45, 2.75) is 4.90 Å². The molecule has 0 saturated carbocycles. The average Bonchev–Trinajstić information content (AvgIpc) is 2.35. The molecule has 0 radical (unpaired) electrons. The van der Waals surface area contributed by atoms with Crippen molar-refractivity contribution in [3.63, 3.8) is 0 Å². The van der Waals surface area contributed by atoms with Gasteiger partial charge < -0.3 is 4.90 Å². The Hall–Kier alpha value is -0.370. The molecular formula is C11H15Cl2N3O2S. The monoisotopic (exact) mass is 323 g/mol. The van der Waals surface area contributed by atoms with Gasteiger partial charge in [0.05, 0.1) is 5.02 Å². The molecule has 0 amide bonds. The van der Waals surface area contributed by atoms with Gasteiger partial charge in [-0.1, -0.05) is 23.2 Å². The molecule has 2 rings (SSSR count). The summed E-state index contributed by atoms with van der Waals surface area (Å²) in [5.74, 6) is 0. The lowest BCUT2D eigenvalue weighted by molar-refractivity contribution is 0.135. The van der Waals surface area contributed by atoms with E-state index in [4.69, 9.17) is 23.2 Å². The average molecular weight is 324 g/mol. The van der Waals surface area contributed by atoms with Gasteiger partial charge in [-0.2, -0.15) is 0 Å². The summed E-state index contributed by atoms with van der Waals surface area (Å²) < 4.78 is 24.5. The minimum Gasteiger partial charge on any atom is -0.304 e. The first-order valence-electron chi connectivity index (χ1n) is 5.79. The van der Waals surface area contributed by atoms with E-state index in [9.17, 15) is 8.42 Å². The molecule has 0 bridgehead atoms. The maximum atomic E-state index is 12.2. The molecular weight excluding hydrogens is 309 g/mol. The van der Waals surface area contributed by atoms with Crippen molar-refractivity contribution in [3.8, 4) is 0 Å². The highest BCUT2D eigenvalue weighted by atomic mass is 35.5. The first kappa shape index (κ1) is 15.0. The Kier molecular flexibility index (Phi) is 4.70. The number of nitrogens with one attached hydrogen (secondary N) is 1. The normalized spacial score (nSPS) is 18.7. The molecule has 0 spiro atoms. The number of hydrogen-bond donors (Lipinski definition) is 1. The molecule has 0 aromatic heterocycles. The molecule has 0 unspecified atom stereocenters. The predicted molar refractivity (Wildman–Crippen MR) is 75.9 cm³/mol. The van der Waals surface area contributed by atoms with Crippen molar-refractivity contribution >= 4 is 33.2 Å². The van der Waals surface area contributed by atoms with E-state index >= 15 is 0 Å². The van der Waals surface area contributed by atoms with Gasteiger partial charge in [0.1, 0.15) is 4.90 Å². The summed E-state index contributed by atoms with van der Waals surface area (Å²) in [6.07, 6.45) is 0.